The largest absolute Gasteiger partial charge is 0.461 e. The van der Waals surface area contributed by atoms with Gasteiger partial charge in [-0.05, 0) is 26.0 Å². The fraction of sp³-hybridized carbons (Fsp3) is 0.389. The van der Waals surface area contributed by atoms with Crippen molar-refractivity contribution in [2.75, 3.05) is 13.7 Å². The smallest absolute Gasteiger partial charge is 0.276 e. The molecule has 3 aromatic heterocycles. The lowest BCUT2D eigenvalue weighted by Crippen LogP contribution is -2.32. The molecular weight excluding hydrogens is 336 g/mol. The molecule has 8 nitrogen and oxygen atoms in total. The molecule has 1 aliphatic rings. The molecule has 1 saturated heterocycles. The van der Waals surface area contributed by atoms with Crippen molar-refractivity contribution in [1.29, 1.82) is 0 Å². The van der Waals surface area contributed by atoms with Crippen LogP contribution in [0.1, 0.15) is 40.2 Å². The summed E-state index contributed by atoms with van der Waals surface area (Å²) in [5.74, 6) is 1.49. The zero-order valence-corrected chi connectivity index (χ0v) is 14.9. The first-order valence-corrected chi connectivity index (χ1v) is 8.44. The van der Waals surface area contributed by atoms with Gasteiger partial charge in [0.2, 0.25) is 5.76 Å². The number of hydrogen-bond acceptors (Lipinski definition) is 6. The molecule has 0 radical (unpaired) electrons. The summed E-state index contributed by atoms with van der Waals surface area (Å²) in [6.45, 7) is 4.38. The van der Waals surface area contributed by atoms with E-state index in [4.69, 9.17) is 13.7 Å². The van der Waals surface area contributed by atoms with Crippen LogP contribution < -0.4 is 0 Å². The van der Waals surface area contributed by atoms with E-state index in [1.165, 1.54) is 0 Å². The number of aromatic nitrogens is 3. The van der Waals surface area contributed by atoms with E-state index in [2.05, 4.69) is 15.1 Å². The minimum atomic E-state index is -0.220. The lowest BCUT2D eigenvalue weighted by molar-refractivity contribution is 0.0674. The second-order valence-corrected chi connectivity index (χ2v) is 6.45. The Hall–Kier alpha value is -2.87. The Morgan fingerprint density at radius 1 is 1.38 bits per heavy atom. The number of carbonyl (C=O) groups is 1. The van der Waals surface area contributed by atoms with Crippen molar-refractivity contribution in [1.82, 2.24) is 20.0 Å². The number of amides is 1. The van der Waals surface area contributed by atoms with Gasteiger partial charge in [0.25, 0.3) is 5.91 Å². The molecular formula is C18H20N4O4. The zero-order chi connectivity index (χ0) is 18.3. The number of imidazole rings is 1. The average Bonchev–Trinajstić information content (AvgIpc) is 3.41. The van der Waals surface area contributed by atoms with Gasteiger partial charge in [-0.3, -0.25) is 4.79 Å². The lowest BCUT2D eigenvalue weighted by atomic mass is 10.2. The van der Waals surface area contributed by atoms with Crippen LogP contribution in [0, 0.1) is 13.8 Å². The van der Waals surface area contributed by atoms with E-state index >= 15 is 0 Å². The Morgan fingerprint density at radius 3 is 2.88 bits per heavy atom. The maximum atomic E-state index is 13.0. The molecule has 4 heterocycles. The molecule has 0 aromatic carbocycles. The van der Waals surface area contributed by atoms with Crippen molar-refractivity contribution in [3.63, 3.8) is 0 Å². The van der Waals surface area contributed by atoms with Gasteiger partial charge < -0.3 is 23.6 Å². The highest BCUT2D eigenvalue weighted by atomic mass is 16.5. The predicted molar refractivity (Wildman–Crippen MR) is 91.5 cm³/mol. The van der Waals surface area contributed by atoms with E-state index < -0.39 is 0 Å². The highest BCUT2D eigenvalue weighted by molar-refractivity contribution is 5.93. The summed E-state index contributed by atoms with van der Waals surface area (Å²) in [5, 5.41) is 3.92. The second kappa shape index (κ2) is 6.45. The van der Waals surface area contributed by atoms with Crippen molar-refractivity contribution < 1.29 is 18.5 Å². The van der Waals surface area contributed by atoms with Gasteiger partial charge in [0.05, 0.1) is 24.1 Å². The maximum Gasteiger partial charge on any atom is 0.276 e. The molecule has 1 amide bonds. The van der Waals surface area contributed by atoms with Crippen LogP contribution in [0.2, 0.25) is 0 Å². The summed E-state index contributed by atoms with van der Waals surface area (Å²) in [4.78, 5) is 22.6. The van der Waals surface area contributed by atoms with Crippen LogP contribution in [0.3, 0.4) is 0 Å². The van der Waals surface area contributed by atoms with Gasteiger partial charge in [0.15, 0.2) is 11.5 Å². The van der Waals surface area contributed by atoms with Crippen molar-refractivity contribution in [2.45, 2.75) is 32.4 Å². The molecule has 4 rings (SSSR count). The quantitative estimate of drug-likeness (QED) is 0.772. The van der Waals surface area contributed by atoms with Gasteiger partial charge in [-0.25, -0.2) is 4.98 Å². The molecule has 1 aliphatic heterocycles. The minimum Gasteiger partial charge on any atom is -0.461 e. The maximum absolute atomic E-state index is 13.0. The van der Waals surface area contributed by atoms with Crippen molar-refractivity contribution in [3.05, 3.63) is 47.4 Å². The lowest BCUT2D eigenvalue weighted by Gasteiger charge is -2.21. The van der Waals surface area contributed by atoms with E-state index in [0.29, 0.717) is 24.5 Å². The summed E-state index contributed by atoms with van der Waals surface area (Å²) in [6, 6.07) is 4.91. The van der Waals surface area contributed by atoms with Crippen LogP contribution in [-0.4, -0.2) is 45.7 Å². The number of methoxy groups -OCH3 is 1. The molecule has 3 aromatic rings. The van der Waals surface area contributed by atoms with Crippen LogP contribution in [0.25, 0.3) is 11.5 Å². The highest BCUT2D eigenvalue weighted by Gasteiger charge is 2.39. The third-order valence-electron chi connectivity index (χ3n) is 4.81. The Kier molecular flexibility index (Phi) is 4.12. The molecule has 8 heteroatoms. The topological polar surface area (TPSA) is 97.4 Å². The summed E-state index contributed by atoms with van der Waals surface area (Å²) in [7, 11) is 1.65. The molecule has 0 unspecified atom stereocenters. The third-order valence-corrected chi connectivity index (χ3v) is 4.81. The number of H-pyrrole nitrogens is 1. The number of ether oxygens (including phenoxy) is 1. The van der Waals surface area contributed by atoms with Gasteiger partial charge in [-0.1, -0.05) is 5.16 Å². The van der Waals surface area contributed by atoms with Crippen LogP contribution in [0.15, 0.2) is 33.4 Å². The van der Waals surface area contributed by atoms with E-state index in [1.807, 2.05) is 13.8 Å². The van der Waals surface area contributed by atoms with E-state index in [0.717, 1.165) is 17.2 Å². The fourth-order valence-electron chi connectivity index (χ4n) is 3.24. The molecule has 136 valence electrons. The van der Waals surface area contributed by atoms with Crippen LogP contribution in [-0.2, 0) is 4.74 Å². The third kappa shape index (κ3) is 2.82. The molecule has 0 saturated carbocycles. The predicted octanol–water partition coefficient (Wildman–Crippen LogP) is 2.88. The molecule has 1 N–H and O–H groups in total. The average molecular weight is 356 g/mol. The Bertz CT molecular complexity index is 892. The molecule has 0 spiro atoms. The van der Waals surface area contributed by atoms with Crippen LogP contribution >= 0.6 is 0 Å². The summed E-state index contributed by atoms with van der Waals surface area (Å²) in [6.07, 6.45) is 2.17. The van der Waals surface area contributed by atoms with E-state index in [-0.39, 0.29) is 23.7 Å². The van der Waals surface area contributed by atoms with Gasteiger partial charge in [-0.2, -0.15) is 0 Å². The molecule has 0 aliphatic carbocycles. The molecule has 26 heavy (non-hydrogen) atoms. The number of nitrogens with one attached hydrogen (secondary N) is 1. The van der Waals surface area contributed by atoms with Gasteiger partial charge >= 0.3 is 0 Å². The van der Waals surface area contributed by atoms with Crippen molar-refractivity contribution >= 4 is 5.91 Å². The number of nitrogens with zero attached hydrogens (tertiary/aromatic N) is 3. The molecule has 1 fully saturated rings. The number of aryl methyl sites for hydroxylation is 2. The summed E-state index contributed by atoms with van der Waals surface area (Å²) >= 11 is 0. The van der Waals surface area contributed by atoms with E-state index in [1.54, 1.807) is 36.5 Å². The first-order valence-electron chi connectivity index (χ1n) is 8.44. The molecule has 0 bridgehead atoms. The second-order valence-electron chi connectivity index (χ2n) is 6.45. The normalized spacial score (nSPS) is 20.0. The number of likely N-dealkylation sites (tertiary alicyclic amines) is 1. The number of hydrogen-bond donors (Lipinski definition) is 1. The number of aromatic amines is 1. The van der Waals surface area contributed by atoms with E-state index in [9.17, 15) is 4.79 Å². The SMILES string of the molecule is CO[C@@H]1C[C@@H](c2nc(C)c(C)[nH]2)N(C(=O)c2cc(-c3ccco3)on2)C1. The van der Waals surface area contributed by atoms with Crippen LogP contribution in [0.5, 0.6) is 0 Å². The van der Waals surface area contributed by atoms with Crippen LogP contribution in [0.4, 0.5) is 0 Å². The van der Waals surface area contributed by atoms with Gasteiger partial charge in [0.1, 0.15) is 5.82 Å². The fourth-order valence-corrected chi connectivity index (χ4v) is 3.24. The van der Waals surface area contributed by atoms with Gasteiger partial charge in [-0.15, -0.1) is 0 Å². The Morgan fingerprint density at radius 2 is 2.23 bits per heavy atom. The Labute approximate surface area is 150 Å². The monoisotopic (exact) mass is 356 g/mol. The summed E-state index contributed by atoms with van der Waals surface area (Å²) in [5.41, 5.74) is 2.16. The zero-order valence-electron chi connectivity index (χ0n) is 14.9. The minimum absolute atomic E-state index is 0.0499. The Balaban J connectivity index is 1.62. The standard InChI is InChI=1S/C18H20N4O4/c1-10-11(2)20-17(19-10)14-7-12(24-3)9-22(14)18(23)13-8-16(26-21-13)15-5-4-6-25-15/h4-6,8,12,14H,7,9H2,1-3H3,(H,19,20)/t12-,14+/m1/s1. The first kappa shape index (κ1) is 16.6. The molecule has 2 atom stereocenters. The number of rotatable bonds is 4. The van der Waals surface area contributed by atoms with Crippen molar-refractivity contribution in [2.24, 2.45) is 0 Å². The number of furan rings is 1. The highest BCUT2D eigenvalue weighted by Crippen LogP contribution is 2.34. The van der Waals surface area contributed by atoms with Gasteiger partial charge in [0, 0.05) is 31.8 Å². The first-order chi connectivity index (χ1) is 12.6. The summed E-state index contributed by atoms with van der Waals surface area (Å²) < 4.78 is 16.0. The number of carbonyl (C=O) groups excluding carboxylic acids is 1. The van der Waals surface area contributed by atoms with Crippen molar-refractivity contribution in [3.8, 4) is 11.5 Å².